The summed E-state index contributed by atoms with van der Waals surface area (Å²) in [5, 5.41) is 0. The van der Waals surface area contributed by atoms with Gasteiger partial charge in [0.05, 0.1) is 0 Å². The Labute approximate surface area is 108 Å². The SMILES string of the molecule is CCN(Cc1ccncc1)Cc1ccccc1N. The van der Waals surface area contributed by atoms with Gasteiger partial charge in [0.1, 0.15) is 0 Å². The lowest BCUT2D eigenvalue weighted by Gasteiger charge is -2.21. The Balaban J connectivity index is 2.04. The van der Waals surface area contributed by atoms with Gasteiger partial charge in [0.2, 0.25) is 0 Å². The summed E-state index contributed by atoms with van der Waals surface area (Å²) in [6.07, 6.45) is 3.67. The standard InChI is InChI=1S/C15H19N3/c1-2-18(11-13-7-9-17-10-8-13)12-14-5-3-4-6-15(14)16/h3-10H,2,11-12,16H2,1H3. The molecule has 94 valence electrons. The topological polar surface area (TPSA) is 42.2 Å². The first kappa shape index (κ1) is 12.6. The predicted molar refractivity (Wildman–Crippen MR) is 74.9 cm³/mol. The Bertz CT molecular complexity index is 482. The lowest BCUT2D eigenvalue weighted by Crippen LogP contribution is -2.22. The predicted octanol–water partition coefficient (Wildman–Crippen LogP) is 2.69. The van der Waals surface area contributed by atoms with E-state index in [4.69, 9.17) is 5.73 Å². The number of nitrogens with two attached hydrogens (primary N) is 1. The second-order valence-electron chi connectivity index (χ2n) is 4.36. The zero-order chi connectivity index (χ0) is 12.8. The molecule has 0 aliphatic rings. The van der Waals surface area contributed by atoms with E-state index in [-0.39, 0.29) is 0 Å². The van der Waals surface area contributed by atoms with Crippen molar-refractivity contribution in [2.24, 2.45) is 0 Å². The fraction of sp³-hybridized carbons (Fsp3) is 0.267. The molecule has 0 saturated carbocycles. The second kappa shape index (κ2) is 6.17. The molecule has 3 nitrogen and oxygen atoms in total. The van der Waals surface area contributed by atoms with Gasteiger partial charge in [-0.05, 0) is 35.9 Å². The Morgan fingerprint density at radius 2 is 1.78 bits per heavy atom. The minimum Gasteiger partial charge on any atom is -0.398 e. The maximum absolute atomic E-state index is 5.98. The van der Waals surface area contributed by atoms with Crippen molar-refractivity contribution in [3.63, 3.8) is 0 Å². The molecule has 18 heavy (non-hydrogen) atoms. The first-order valence-electron chi connectivity index (χ1n) is 6.24. The largest absolute Gasteiger partial charge is 0.398 e. The number of anilines is 1. The molecule has 1 heterocycles. The molecule has 2 rings (SSSR count). The quantitative estimate of drug-likeness (QED) is 0.818. The van der Waals surface area contributed by atoms with Crippen molar-refractivity contribution in [1.82, 2.24) is 9.88 Å². The third kappa shape index (κ3) is 3.31. The van der Waals surface area contributed by atoms with E-state index in [0.717, 1.165) is 25.3 Å². The van der Waals surface area contributed by atoms with Crippen LogP contribution in [0.15, 0.2) is 48.8 Å². The monoisotopic (exact) mass is 241 g/mol. The highest BCUT2D eigenvalue weighted by molar-refractivity contribution is 5.46. The van der Waals surface area contributed by atoms with Crippen LogP contribution in [-0.4, -0.2) is 16.4 Å². The first-order valence-corrected chi connectivity index (χ1v) is 6.24. The van der Waals surface area contributed by atoms with E-state index in [0.29, 0.717) is 0 Å². The molecular weight excluding hydrogens is 222 g/mol. The smallest absolute Gasteiger partial charge is 0.0359 e. The number of aromatic nitrogens is 1. The van der Waals surface area contributed by atoms with Crippen LogP contribution in [0, 0.1) is 0 Å². The highest BCUT2D eigenvalue weighted by Crippen LogP contribution is 2.14. The van der Waals surface area contributed by atoms with Gasteiger partial charge in [0, 0.05) is 31.2 Å². The molecule has 0 aliphatic heterocycles. The minimum absolute atomic E-state index is 0.866. The van der Waals surface area contributed by atoms with Crippen molar-refractivity contribution >= 4 is 5.69 Å². The average Bonchev–Trinajstić information content (AvgIpc) is 2.41. The van der Waals surface area contributed by atoms with Crippen molar-refractivity contribution < 1.29 is 0 Å². The van der Waals surface area contributed by atoms with Crippen LogP contribution in [0.1, 0.15) is 18.1 Å². The molecule has 0 spiro atoms. The van der Waals surface area contributed by atoms with Gasteiger partial charge in [0.15, 0.2) is 0 Å². The lowest BCUT2D eigenvalue weighted by atomic mass is 10.1. The van der Waals surface area contributed by atoms with Gasteiger partial charge in [-0.2, -0.15) is 0 Å². The molecule has 0 aliphatic carbocycles. The Morgan fingerprint density at radius 3 is 2.44 bits per heavy atom. The van der Waals surface area contributed by atoms with Gasteiger partial charge < -0.3 is 5.73 Å². The van der Waals surface area contributed by atoms with Crippen LogP contribution in [0.3, 0.4) is 0 Å². The molecule has 0 bridgehead atoms. The maximum Gasteiger partial charge on any atom is 0.0359 e. The lowest BCUT2D eigenvalue weighted by molar-refractivity contribution is 0.272. The van der Waals surface area contributed by atoms with Gasteiger partial charge in [-0.15, -0.1) is 0 Å². The average molecular weight is 241 g/mol. The second-order valence-corrected chi connectivity index (χ2v) is 4.36. The highest BCUT2D eigenvalue weighted by atomic mass is 15.1. The normalized spacial score (nSPS) is 10.8. The number of para-hydroxylation sites is 1. The molecule has 1 aromatic carbocycles. The number of hydrogen-bond donors (Lipinski definition) is 1. The fourth-order valence-corrected chi connectivity index (χ4v) is 1.94. The van der Waals surface area contributed by atoms with E-state index in [1.54, 1.807) is 0 Å². The van der Waals surface area contributed by atoms with Crippen LogP contribution in [0.2, 0.25) is 0 Å². The summed E-state index contributed by atoms with van der Waals surface area (Å²) in [7, 11) is 0. The van der Waals surface area contributed by atoms with Crippen LogP contribution < -0.4 is 5.73 Å². The molecular formula is C15H19N3. The molecule has 0 unspecified atom stereocenters. The molecule has 0 atom stereocenters. The van der Waals surface area contributed by atoms with Crippen molar-refractivity contribution in [3.8, 4) is 0 Å². The Kier molecular flexibility index (Phi) is 4.31. The third-order valence-corrected chi connectivity index (χ3v) is 3.05. The Morgan fingerprint density at radius 1 is 1.06 bits per heavy atom. The van der Waals surface area contributed by atoms with Gasteiger partial charge in [-0.1, -0.05) is 25.1 Å². The molecule has 0 saturated heterocycles. The van der Waals surface area contributed by atoms with E-state index >= 15 is 0 Å². The summed E-state index contributed by atoms with van der Waals surface area (Å²) in [4.78, 5) is 6.40. The van der Waals surface area contributed by atoms with Crippen molar-refractivity contribution in [2.75, 3.05) is 12.3 Å². The Hall–Kier alpha value is -1.87. The fourth-order valence-electron chi connectivity index (χ4n) is 1.94. The zero-order valence-electron chi connectivity index (χ0n) is 10.7. The van der Waals surface area contributed by atoms with E-state index < -0.39 is 0 Å². The molecule has 2 N–H and O–H groups in total. The van der Waals surface area contributed by atoms with Crippen LogP contribution in [0.4, 0.5) is 5.69 Å². The van der Waals surface area contributed by atoms with Crippen molar-refractivity contribution in [3.05, 3.63) is 59.9 Å². The number of rotatable bonds is 5. The van der Waals surface area contributed by atoms with Crippen molar-refractivity contribution in [1.29, 1.82) is 0 Å². The maximum atomic E-state index is 5.98. The van der Waals surface area contributed by atoms with Crippen LogP contribution in [0.25, 0.3) is 0 Å². The van der Waals surface area contributed by atoms with Gasteiger partial charge in [0.25, 0.3) is 0 Å². The van der Waals surface area contributed by atoms with E-state index in [9.17, 15) is 0 Å². The van der Waals surface area contributed by atoms with Gasteiger partial charge in [-0.25, -0.2) is 0 Å². The number of pyridine rings is 1. The molecule has 2 aromatic rings. The molecule has 3 heteroatoms. The number of nitrogens with zero attached hydrogens (tertiary/aromatic N) is 2. The van der Waals surface area contributed by atoms with E-state index in [1.165, 1.54) is 11.1 Å². The van der Waals surface area contributed by atoms with E-state index in [1.807, 2.05) is 30.6 Å². The first-order chi connectivity index (χ1) is 8.79. The molecule has 1 aromatic heterocycles. The zero-order valence-corrected chi connectivity index (χ0v) is 10.7. The van der Waals surface area contributed by atoms with Crippen molar-refractivity contribution in [2.45, 2.75) is 20.0 Å². The molecule has 0 amide bonds. The summed E-state index contributed by atoms with van der Waals surface area (Å²) in [5.41, 5.74) is 9.31. The summed E-state index contributed by atoms with van der Waals surface area (Å²) in [6, 6.07) is 12.2. The number of benzene rings is 1. The number of nitrogen functional groups attached to an aromatic ring is 1. The third-order valence-electron chi connectivity index (χ3n) is 3.05. The van der Waals surface area contributed by atoms with Crippen LogP contribution in [-0.2, 0) is 13.1 Å². The minimum atomic E-state index is 0.866. The summed E-state index contributed by atoms with van der Waals surface area (Å²) in [5.74, 6) is 0. The summed E-state index contributed by atoms with van der Waals surface area (Å²) >= 11 is 0. The van der Waals surface area contributed by atoms with Crippen LogP contribution in [0.5, 0.6) is 0 Å². The molecule has 0 fully saturated rings. The number of hydrogen-bond acceptors (Lipinski definition) is 3. The molecule has 0 radical (unpaired) electrons. The van der Waals surface area contributed by atoms with Crippen LogP contribution >= 0.6 is 0 Å². The highest BCUT2D eigenvalue weighted by Gasteiger charge is 2.06. The van der Waals surface area contributed by atoms with E-state index in [2.05, 4.69) is 35.0 Å². The van der Waals surface area contributed by atoms with Gasteiger partial charge in [-0.3, -0.25) is 9.88 Å². The van der Waals surface area contributed by atoms with Gasteiger partial charge >= 0.3 is 0 Å². The summed E-state index contributed by atoms with van der Waals surface area (Å²) < 4.78 is 0. The summed E-state index contributed by atoms with van der Waals surface area (Å²) in [6.45, 7) is 4.97.